The fraction of sp³-hybridized carbons (Fsp3) is 0. The molecule has 6 aromatic carbocycles. The van der Waals surface area contributed by atoms with Crippen molar-refractivity contribution in [2.75, 3.05) is 0 Å². The van der Waals surface area contributed by atoms with E-state index >= 15 is 0 Å². The normalized spacial score (nSPS) is 10.1. The summed E-state index contributed by atoms with van der Waals surface area (Å²) < 4.78 is 20.0. The van der Waals surface area contributed by atoms with E-state index in [1.165, 1.54) is 16.8 Å². The summed E-state index contributed by atoms with van der Waals surface area (Å²) in [4.78, 5) is 11.2. The third-order valence-corrected chi connectivity index (χ3v) is 7.10. The molecular weight excluding hydrogens is 644 g/mol. The van der Waals surface area contributed by atoms with Crippen LogP contribution in [0.25, 0.3) is 54.6 Å². The Hall–Kier alpha value is -1.35. The van der Waals surface area contributed by atoms with Crippen molar-refractivity contribution in [1.29, 1.82) is 0 Å². The molecule has 1 aromatic heterocycles. The molecule has 43 heavy (non-hydrogen) atoms. The average Bonchev–Trinajstić information content (AvgIpc) is 3.40. The van der Waals surface area contributed by atoms with E-state index < -0.39 is 5.82 Å². The molecule has 7 rings (SSSR count). The fourth-order valence-electron chi connectivity index (χ4n) is 4.77. The van der Waals surface area contributed by atoms with Crippen LogP contribution in [0.1, 0.15) is 1.43 Å². The van der Waals surface area contributed by atoms with Crippen LogP contribution in [0.5, 0.6) is 5.75 Å². The van der Waals surface area contributed by atoms with E-state index in [0.29, 0.717) is 16.1 Å². The standard InChI is InChI=1S/C16H10ClFO.C16H9ClO.CH2O3.2K.H/c17-13-7-3-6-12(16(13)18)15-11-5-2-1-4-10(11)8-9-14(15)19;17-13-7-3-6-12-15-11-5-2-1-4-10(11)8-9-14(15)18-16(12)13;2-1-4-3;;;/h1-9,19H;1-9H;1,3H;;;/q;;;2*+1;-1/p-1. The van der Waals surface area contributed by atoms with Crippen LogP contribution in [0.4, 0.5) is 4.39 Å². The first-order valence-corrected chi connectivity index (χ1v) is 13.1. The van der Waals surface area contributed by atoms with E-state index in [9.17, 15) is 9.50 Å². The van der Waals surface area contributed by atoms with E-state index in [2.05, 4.69) is 29.2 Å². The van der Waals surface area contributed by atoms with Crippen LogP contribution in [0.2, 0.25) is 10.0 Å². The molecule has 7 aromatic rings. The Morgan fingerprint density at radius 1 is 0.744 bits per heavy atom. The Kier molecular flexibility index (Phi) is 14.1. The molecule has 0 spiro atoms. The van der Waals surface area contributed by atoms with Gasteiger partial charge in [-0.05, 0) is 45.8 Å². The van der Waals surface area contributed by atoms with Crippen LogP contribution in [0.3, 0.4) is 0 Å². The first-order chi connectivity index (χ1) is 19.9. The van der Waals surface area contributed by atoms with Gasteiger partial charge in [0.15, 0.2) is 5.58 Å². The van der Waals surface area contributed by atoms with Crippen molar-refractivity contribution in [3.8, 4) is 16.9 Å². The van der Waals surface area contributed by atoms with Crippen LogP contribution < -0.4 is 108 Å². The van der Waals surface area contributed by atoms with Gasteiger partial charge >= 0.3 is 103 Å². The Balaban J connectivity index is 0.000000258. The zero-order valence-corrected chi connectivity index (χ0v) is 30.9. The van der Waals surface area contributed by atoms with Gasteiger partial charge in [0.25, 0.3) is 6.47 Å². The Labute approximate surface area is 342 Å². The number of aromatic hydroxyl groups is 1. The molecule has 0 amide bonds. The SMILES string of the molecule is Clc1cccc2c1oc1ccc3ccccc3c12.O=CO[O-].Oc1ccc2ccccc2c1-c1cccc(Cl)c1F.[H-].[K+].[K+]. The number of benzene rings is 6. The van der Waals surface area contributed by atoms with Crippen molar-refractivity contribution in [3.05, 3.63) is 125 Å². The number of phenolic OH excluding ortho intramolecular Hbond substituents is 1. The quantitative estimate of drug-likeness (QED) is 0.133. The zero-order chi connectivity index (χ0) is 28.9. The Morgan fingerprint density at radius 3 is 2.00 bits per heavy atom. The number of phenols is 1. The van der Waals surface area contributed by atoms with Crippen LogP contribution in [0, 0.1) is 5.82 Å². The third-order valence-electron chi connectivity index (χ3n) is 6.51. The Bertz CT molecular complexity index is 2040. The van der Waals surface area contributed by atoms with Crippen LogP contribution >= 0.6 is 23.2 Å². The second kappa shape index (κ2) is 16.8. The van der Waals surface area contributed by atoms with Crippen LogP contribution in [-0.2, 0) is 9.68 Å². The maximum absolute atomic E-state index is 14.2. The summed E-state index contributed by atoms with van der Waals surface area (Å²) in [5.41, 5.74) is 2.43. The van der Waals surface area contributed by atoms with E-state index in [4.69, 9.17) is 37.7 Å². The molecule has 0 aliphatic rings. The predicted molar refractivity (Wildman–Crippen MR) is 161 cm³/mol. The molecule has 0 aliphatic heterocycles. The summed E-state index contributed by atoms with van der Waals surface area (Å²) in [6, 6.07) is 33.9. The summed E-state index contributed by atoms with van der Waals surface area (Å²) in [6.07, 6.45) is 0. The van der Waals surface area contributed by atoms with Crippen LogP contribution in [0.15, 0.2) is 114 Å². The molecule has 0 saturated carbocycles. The molecule has 0 saturated heterocycles. The molecule has 0 unspecified atom stereocenters. The van der Waals surface area contributed by atoms with Gasteiger partial charge < -0.3 is 21.1 Å². The number of rotatable bonds is 2. The van der Waals surface area contributed by atoms with Crippen molar-refractivity contribution < 1.29 is 133 Å². The third kappa shape index (κ3) is 7.91. The van der Waals surface area contributed by atoms with Gasteiger partial charge in [-0.2, -0.15) is 0 Å². The summed E-state index contributed by atoms with van der Waals surface area (Å²) in [7, 11) is 0. The molecule has 10 heteroatoms. The van der Waals surface area contributed by atoms with Gasteiger partial charge in [-0.15, -0.1) is 0 Å². The largest absolute Gasteiger partial charge is 1.00 e. The summed E-state index contributed by atoms with van der Waals surface area (Å²) in [5.74, 6) is -0.476. The predicted octanol–water partition coefficient (Wildman–Crippen LogP) is 2.95. The summed E-state index contributed by atoms with van der Waals surface area (Å²) in [6.45, 7) is -0.181. The number of halogens is 3. The minimum Gasteiger partial charge on any atom is -1.00 e. The maximum Gasteiger partial charge on any atom is 1.00 e. The second-order valence-electron chi connectivity index (χ2n) is 8.85. The number of carbonyl (C=O) groups is 1. The van der Waals surface area contributed by atoms with Crippen LogP contribution in [-0.4, -0.2) is 11.6 Å². The number of para-hydroxylation sites is 1. The number of carbonyl (C=O) groups excluding carboxylic acids is 1. The number of furan rings is 1. The number of fused-ring (bicyclic) bond motifs is 6. The topological polar surface area (TPSA) is 82.7 Å². The molecule has 0 fully saturated rings. The van der Waals surface area contributed by atoms with E-state index in [1.54, 1.807) is 24.3 Å². The molecule has 0 radical (unpaired) electrons. The first-order valence-electron chi connectivity index (χ1n) is 12.3. The van der Waals surface area contributed by atoms with Gasteiger partial charge in [-0.3, -0.25) is 4.79 Å². The van der Waals surface area contributed by atoms with Crippen molar-refractivity contribution in [2.24, 2.45) is 0 Å². The minimum absolute atomic E-state index is 0. The average molecular weight is 666 g/mol. The smallest absolute Gasteiger partial charge is 1.00 e. The first kappa shape index (κ1) is 36.1. The second-order valence-corrected chi connectivity index (χ2v) is 9.67. The van der Waals surface area contributed by atoms with E-state index in [0.717, 1.165) is 32.7 Å². The molecule has 0 aliphatic carbocycles. The van der Waals surface area contributed by atoms with Gasteiger partial charge in [-0.1, -0.05) is 108 Å². The molecule has 5 nitrogen and oxygen atoms in total. The van der Waals surface area contributed by atoms with Gasteiger partial charge in [0.2, 0.25) is 0 Å². The number of hydrogen-bond donors (Lipinski definition) is 1. The van der Waals surface area contributed by atoms with E-state index in [-0.39, 0.29) is 121 Å². The van der Waals surface area contributed by atoms with Crippen molar-refractivity contribution in [1.82, 2.24) is 0 Å². The van der Waals surface area contributed by atoms with Crippen molar-refractivity contribution in [2.45, 2.75) is 0 Å². The maximum atomic E-state index is 14.2. The summed E-state index contributed by atoms with van der Waals surface area (Å²) >= 11 is 12.0. The molecule has 206 valence electrons. The Morgan fingerprint density at radius 2 is 1.30 bits per heavy atom. The monoisotopic (exact) mass is 664 g/mol. The van der Waals surface area contributed by atoms with Crippen molar-refractivity contribution >= 4 is 73.2 Å². The number of hydrogen-bond acceptors (Lipinski definition) is 5. The zero-order valence-electron chi connectivity index (χ0n) is 24.2. The molecule has 1 heterocycles. The summed E-state index contributed by atoms with van der Waals surface area (Å²) in [5, 5.41) is 25.6. The molecule has 1 N–H and O–H groups in total. The van der Waals surface area contributed by atoms with Gasteiger partial charge in [-0.25, -0.2) is 4.39 Å². The molecule has 0 atom stereocenters. The minimum atomic E-state index is -0.518. The van der Waals surface area contributed by atoms with Gasteiger partial charge in [0.05, 0.1) is 10.0 Å². The van der Waals surface area contributed by atoms with E-state index in [1.807, 2.05) is 54.6 Å². The van der Waals surface area contributed by atoms with Gasteiger partial charge in [0, 0.05) is 21.9 Å². The molecular formula is C33H21Cl2FK2O5. The van der Waals surface area contributed by atoms with Crippen molar-refractivity contribution in [3.63, 3.8) is 0 Å². The van der Waals surface area contributed by atoms with Gasteiger partial charge in [0.1, 0.15) is 17.1 Å². The fourth-order valence-corrected chi connectivity index (χ4v) is 5.16. The molecule has 0 bridgehead atoms.